The van der Waals surface area contributed by atoms with Crippen LogP contribution in [0.4, 0.5) is 5.69 Å². The number of nitrogens with zero attached hydrogens (tertiary/aromatic N) is 1. The van der Waals surface area contributed by atoms with E-state index in [1.54, 1.807) is 42.5 Å². The van der Waals surface area contributed by atoms with Crippen molar-refractivity contribution < 1.29 is 13.2 Å². The SMILES string of the molecule is O=C(CN(C1CCCCN1)S(=O)(=O)c1ccccc1)Nc1ccccc1. The molecule has 0 aliphatic carbocycles. The first kappa shape index (κ1) is 18.6. The largest absolute Gasteiger partial charge is 0.325 e. The predicted octanol–water partition coefficient (Wildman–Crippen LogP) is 2.42. The minimum atomic E-state index is -3.78. The molecule has 2 aromatic rings. The van der Waals surface area contributed by atoms with Gasteiger partial charge in [-0.3, -0.25) is 4.79 Å². The van der Waals surface area contributed by atoms with E-state index in [0.29, 0.717) is 12.1 Å². The van der Waals surface area contributed by atoms with Crippen LogP contribution in [0.25, 0.3) is 0 Å². The molecule has 2 N–H and O–H groups in total. The van der Waals surface area contributed by atoms with Crippen LogP contribution in [0, 0.1) is 0 Å². The van der Waals surface area contributed by atoms with E-state index < -0.39 is 10.0 Å². The van der Waals surface area contributed by atoms with E-state index in [2.05, 4.69) is 10.6 Å². The second-order valence-electron chi connectivity index (χ2n) is 6.24. The van der Waals surface area contributed by atoms with Crippen LogP contribution in [-0.4, -0.2) is 37.9 Å². The molecule has 1 fully saturated rings. The van der Waals surface area contributed by atoms with E-state index >= 15 is 0 Å². The molecule has 3 rings (SSSR count). The molecule has 1 amide bonds. The van der Waals surface area contributed by atoms with Crippen molar-refractivity contribution in [3.05, 3.63) is 60.7 Å². The molecule has 1 heterocycles. The normalized spacial score (nSPS) is 17.8. The van der Waals surface area contributed by atoms with E-state index in [9.17, 15) is 13.2 Å². The zero-order valence-electron chi connectivity index (χ0n) is 14.5. The van der Waals surface area contributed by atoms with Gasteiger partial charge in [-0.2, -0.15) is 4.31 Å². The minimum Gasteiger partial charge on any atom is -0.325 e. The Labute approximate surface area is 154 Å². The highest BCUT2D eigenvalue weighted by molar-refractivity contribution is 7.89. The molecular formula is C19H23N3O3S. The standard InChI is InChI=1S/C19H23N3O3S/c23-19(21-16-9-3-1-4-10-16)15-22(18-13-7-8-14-20-18)26(24,25)17-11-5-2-6-12-17/h1-6,9-12,18,20H,7-8,13-15H2,(H,21,23). The summed E-state index contributed by atoms with van der Waals surface area (Å²) in [5, 5.41) is 5.99. The molecule has 0 spiro atoms. The van der Waals surface area contributed by atoms with Gasteiger partial charge in [0.15, 0.2) is 0 Å². The van der Waals surface area contributed by atoms with E-state index in [0.717, 1.165) is 19.4 Å². The molecule has 6 nitrogen and oxygen atoms in total. The number of nitrogens with one attached hydrogen (secondary N) is 2. The van der Waals surface area contributed by atoms with Crippen LogP contribution in [0.15, 0.2) is 65.6 Å². The molecule has 1 aliphatic rings. The van der Waals surface area contributed by atoms with Crippen molar-refractivity contribution in [1.82, 2.24) is 9.62 Å². The van der Waals surface area contributed by atoms with Gasteiger partial charge in [-0.1, -0.05) is 36.4 Å². The van der Waals surface area contributed by atoms with Gasteiger partial charge in [-0.15, -0.1) is 0 Å². The van der Waals surface area contributed by atoms with Gasteiger partial charge in [0, 0.05) is 5.69 Å². The van der Waals surface area contributed by atoms with Crippen LogP contribution in [0.3, 0.4) is 0 Å². The molecule has 0 bridgehead atoms. The Morgan fingerprint density at radius 2 is 1.69 bits per heavy atom. The maximum absolute atomic E-state index is 13.1. The van der Waals surface area contributed by atoms with Crippen LogP contribution in [-0.2, 0) is 14.8 Å². The third kappa shape index (κ3) is 4.49. The fourth-order valence-electron chi connectivity index (χ4n) is 3.03. The minimum absolute atomic E-state index is 0.194. The third-order valence-electron chi connectivity index (χ3n) is 4.34. The van der Waals surface area contributed by atoms with Crippen LogP contribution in [0.5, 0.6) is 0 Å². The Hall–Kier alpha value is -2.22. The fourth-order valence-corrected chi connectivity index (χ4v) is 4.61. The van der Waals surface area contributed by atoms with Gasteiger partial charge in [0.05, 0.1) is 17.6 Å². The average molecular weight is 373 g/mol. The highest BCUT2D eigenvalue weighted by Crippen LogP contribution is 2.21. The predicted molar refractivity (Wildman–Crippen MR) is 101 cm³/mol. The molecule has 26 heavy (non-hydrogen) atoms. The first-order valence-corrected chi connectivity index (χ1v) is 10.2. The van der Waals surface area contributed by atoms with Crippen LogP contribution in [0.2, 0.25) is 0 Å². The number of benzene rings is 2. The van der Waals surface area contributed by atoms with Gasteiger partial charge in [0.2, 0.25) is 15.9 Å². The molecule has 0 aromatic heterocycles. The lowest BCUT2D eigenvalue weighted by Gasteiger charge is -2.33. The number of para-hydroxylation sites is 1. The molecule has 138 valence electrons. The zero-order chi connectivity index (χ0) is 18.4. The summed E-state index contributed by atoms with van der Waals surface area (Å²) in [6.07, 6.45) is 2.24. The molecule has 2 aromatic carbocycles. The maximum atomic E-state index is 13.1. The lowest BCUT2D eigenvalue weighted by molar-refractivity contribution is -0.116. The van der Waals surface area contributed by atoms with Gasteiger partial charge in [-0.25, -0.2) is 8.42 Å². The Morgan fingerprint density at radius 1 is 1.04 bits per heavy atom. The van der Waals surface area contributed by atoms with E-state index in [1.165, 1.54) is 4.31 Å². The van der Waals surface area contributed by atoms with Gasteiger partial charge in [0.1, 0.15) is 0 Å². The first-order chi connectivity index (χ1) is 12.6. The van der Waals surface area contributed by atoms with Crippen LogP contribution in [0.1, 0.15) is 19.3 Å². The van der Waals surface area contributed by atoms with Crippen molar-refractivity contribution in [3.8, 4) is 0 Å². The first-order valence-electron chi connectivity index (χ1n) is 8.72. The Balaban J connectivity index is 1.82. The summed E-state index contributed by atoms with van der Waals surface area (Å²) < 4.78 is 27.5. The summed E-state index contributed by atoms with van der Waals surface area (Å²) in [5.74, 6) is -0.358. The van der Waals surface area contributed by atoms with Crippen molar-refractivity contribution in [2.45, 2.75) is 30.3 Å². The summed E-state index contributed by atoms with van der Waals surface area (Å²) in [7, 11) is -3.78. The van der Waals surface area contributed by atoms with Gasteiger partial charge in [-0.05, 0) is 50.1 Å². The third-order valence-corrected chi connectivity index (χ3v) is 6.21. The average Bonchev–Trinajstić information content (AvgIpc) is 2.68. The van der Waals surface area contributed by atoms with E-state index in [1.807, 2.05) is 18.2 Å². The Kier molecular flexibility index (Phi) is 6.03. The van der Waals surface area contributed by atoms with Crippen molar-refractivity contribution in [1.29, 1.82) is 0 Å². The van der Waals surface area contributed by atoms with Crippen molar-refractivity contribution in [2.75, 3.05) is 18.4 Å². The second kappa shape index (κ2) is 8.44. The molecule has 1 saturated heterocycles. The second-order valence-corrected chi connectivity index (χ2v) is 8.13. The molecule has 0 saturated carbocycles. The summed E-state index contributed by atoms with van der Waals surface area (Å²) >= 11 is 0. The van der Waals surface area contributed by atoms with E-state index in [-0.39, 0.29) is 23.5 Å². The lowest BCUT2D eigenvalue weighted by Crippen LogP contribution is -2.53. The maximum Gasteiger partial charge on any atom is 0.244 e. The van der Waals surface area contributed by atoms with Gasteiger partial charge >= 0.3 is 0 Å². The summed E-state index contributed by atoms with van der Waals surface area (Å²) in [4.78, 5) is 12.7. The number of anilines is 1. The summed E-state index contributed by atoms with van der Waals surface area (Å²) in [5.41, 5.74) is 0.645. The number of rotatable bonds is 6. The van der Waals surface area contributed by atoms with Crippen molar-refractivity contribution in [2.24, 2.45) is 0 Å². The quantitative estimate of drug-likeness (QED) is 0.815. The smallest absolute Gasteiger partial charge is 0.244 e. The van der Waals surface area contributed by atoms with E-state index in [4.69, 9.17) is 0 Å². The Bertz CT molecular complexity index is 820. The molecule has 1 aliphatic heterocycles. The number of amides is 1. The topological polar surface area (TPSA) is 78.5 Å². The molecule has 1 unspecified atom stereocenters. The summed E-state index contributed by atoms with van der Waals surface area (Å²) in [6.45, 7) is 0.509. The highest BCUT2D eigenvalue weighted by Gasteiger charge is 2.33. The van der Waals surface area contributed by atoms with Crippen molar-refractivity contribution in [3.63, 3.8) is 0 Å². The zero-order valence-corrected chi connectivity index (χ0v) is 15.3. The fraction of sp³-hybridized carbons (Fsp3) is 0.316. The van der Waals surface area contributed by atoms with Crippen molar-refractivity contribution >= 4 is 21.6 Å². The Morgan fingerprint density at radius 3 is 2.31 bits per heavy atom. The number of sulfonamides is 1. The molecule has 1 atom stereocenters. The lowest BCUT2D eigenvalue weighted by atomic mass is 10.1. The van der Waals surface area contributed by atoms with Gasteiger partial charge < -0.3 is 10.6 Å². The van der Waals surface area contributed by atoms with Crippen LogP contribution >= 0.6 is 0 Å². The molecular weight excluding hydrogens is 350 g/mol. The number of hydrogen-bond acceptors (Lipinski definition) is 4. The number of carbonyl (C=O) groups is 1. The monoisotopic (exact) mass is 373 g/mol. The highest BCUT2D eigenvalue weighted by atomic mass is 32.2. The number of piperidine rings is 1. The number of carbonyl (C=O) groups excluding carboxylic acids is 1. The van der Waals surface area contributed by atoms with Crippen LogP contribution < -0.4 is 10.6 Å². The number of hydrogen-bond donors (Lipinski definition) is 2. The molecule has 7 heteroatoms. The summed E-state index contributed by atoms with van der Waals surface area (Å²) in [6, 6.07) is 17.3. The molecule has 0 radical (unpaired) electrons. The van der Waals surface area contributed by atoms with Gasteiger partial charge in [0.25, 0.3) is 0 Å².